The zero-order valence-corrected chi connectivity index (χ0v) is 9.04. The van der Waals surface area contributed by atoms with E-state index in [0.717, 1.165) is 31.5 Å². The second kappa shape index (κ2) is 4.11. The first-order valence-electron chi connectivity index (χ1n) is 4.85. The maximum Gasteiger partial charge on any atom is 0.252 e. The van der Waals surface area contributed by atoms with Crippen LogP contribution in [-0.2, 0) is 13.0 Å². The lowest BCUT2D eigenvalue weighted by Gasteiger charge is -1.97. The van der Waals surface area contributed by atoms with Crippen molar-refractivity contribution in [1.82, 2.24) is 10.6 Å². The van der Waals surface area contributed by atoms with Gasteiger partial charge in [-0.15, -0.1) is 11.3 Å². The molecule has 0 fully saturated rings. The van der Waals surface area contributed by atoms with Crippen molar-refractivity contribution in [1.29, 1.82) is 0 Å². The van der Waals surface area contributed by atoms with Crippen molar-refractivity contribution in [2.24, 2.45) is 0 Å². The summed E-state index contributed by atoms with van der Waals surface area (Å²) in [5.41, 5.74) is 0.887. The fourth-order valence-electron chi connectivity index (χ4n) is 1.67. The third-order valence-corrected chi connectivity index (χ3v) is 3.52. The molecule has 0 spiro atoms. The monoisotopic (exact) mass is 210 g/mol. The summed E-state index contributed by atoms with van der Waals surface area (Å²) < 4.78 is 0. The highest BCUT2D eigenvalue weighted by Gasteiger charge is 2.17. The lowest BCUT2D eigenvalue weighted by atomic mass is 10.2. The molecule has 1 aliphatic heterocycles. The minimum Gasteiger partial charge on any atom is -0.352 e. The normalized spacial score (nSPS) is 15.9. The number of aryl methyl sites for hydroxylation is 1. The van der Waals surface area contributed by atoms with Crippen LogP contribution in [0.25, 0.3) is 0 Å². The van der Waals surface area contributed by atoms with E-state index < -0.39 is 0 Å². The van der Waals surface area contributed by atoms with E-state index in [1.165, 1.54) is 9.75 Å². The molecule has 76 valence electrons. The Bertz CT molecular complexity index is 346. The molecule has 0 bridgehead atoms. The van der Waals surface area contributed by atoms with Gasteiger partial charge in [-0.25, -0.2) is 0 Å². The molecular weight excluding hydrogens is 196 g/mol. The number of carbonyl (C=O) groups excluding carboxylic acids is 1. The molecule has 0 aliphatic carbocycles. The molecule has 2 N–H and O–H groups in total. The fraction of sp³-hybridized carbons (Fsp3) is 0.500. The third-order valence-electron chi connectivity index (χ3n) is 2.32. The standard InChI is InChI=1S/C10H14N2OS/c1-11-6-7-5-8-9(14-7)3-2-4-12-10(8)13/h5,11H,2-4,6H2,1H3,(H,12,13). The smallest absolute Gasteiger partial charge is 0.252 e. The van der Waals surface area contributed by atoms with Crippen LogP contribution in [-0.4, -0.2) is 19.5 Å². The summed E-state index contributed by atoms with van der Waals surface area (Å²) in [5.74, 6) is 0.0936. The van der Waals surface area contributed by atoms with Gasteiger partial charge in [-0.1, -0.05) is 0 Å². The molecule has 1 amide bonds. The van der Waals surface area contributed by atoms with Crippen LogP contribution in [0, 0.1) is 0 Å². The van der Waals surface area contributed by atoms with Crippen molar-refractivity contribution >= 4 is 17.2 Å². The minimum absolute atomic E-state index is 0.0936. The van der Waals surface area contributed by atoms with E-state index in [2.05, 4.69) is 10.6 Å². The molecular formula is C10H14N2OS. The first-order chi connectivity index (χ1) is 6.81. The maximum atomic E-state index is 11.6. The molecule has 1 aromatic rings. The number of hydrogen-bond acceptors (Lipinski definition) is 3. The Morgan fingerprint density at radius 2 is 2.50 bits per heavy atom. The van der Waals surface area contributed by atoms with E-state index in [1.807, 2.05) is 13.1 Å². The topological polar surface area (TPSA) is 41.1 Å². The Hall–Kier alpha value is -0.870. The Morgan fingerprint density at radius 1 is 1.64 bits per heavy atom. The second-order valence-electron chi connectivity index (χ2n) is 3.44. The first-order valence-corrected chi connectivity index (χ1v) is 5.67. The van der Waals surface area contributed by atoms with Crippen molar-refractivity contribution in [3.63, 3.8) is 0 Å². The molecule has 1 aliphatic rings. The molecule has 2 heterocycles. The summed E-state index contributed by atoms with van der Waals surface area (Å²) in [6.07, 6.45) is 2.08. The van der Waals surface area contributed by atoms with E-state index >= 15 is 0 Å². The van der Waals surface area contributed by atoms with Crippen molar-refractivity contribution in [3.8, 4) is 0 Å². The van der Waals surface area contributed by atoms with Crippen LogP contribution < -0.4 is 10.6 Å². The molecule has 1 aromatic heterocycles. The Labute approximate surface area is 87.5 Å². The molecule has 0 unspecified atom stereocenters. The molecule has 0 radical (unpaired) electrons. The van der Waals surface area contributed by atoms with E-state index in [0.29, 0.717) is 0 Å². The highest BCUT2D eigenvalue weighted by Crippen LogP contribution is 2.25. The highest BCUT2D eigenvalue weighted by molar-refractivity contribution is 7.12. The lowest BCUT2D eigenvalue weighted by Crippen LogP contribution is -2.22. The number of amides is 1. The SMILES string of the molecule is CNCc1cc2c(s1)CCCNC2=O. The summed E-state index contributed by atoms with van der Waals surface area (Å²) in [4.78, 5) is 14.1. The van der Waals surface area contributed by atoms with Crippen molar-refractivity contribution in [2.75, 3.05) is 13.6 Å². The summed E-state index contributed by atoms with van der Waals surface area (Å²) in [6.45, 7) is 1.66. The zero-order valence-electron chi connectivity index (χ0n) is 8.22. The fourth-order valence-corrected chi connectivity index (χ4v) is 2.89. The van der Waals surface area contributed by atoms with Crippen molar-refractivity contribution in [2.45, 2.75) is 19.4 Å². The van der Waals surface area contributed by atoms with Gasteiger partial charge < -0.3 is 10.6 Å². The van der Waals surface area contributed by atoms with Crippen LogP contribution >= 0.6 is 11.3 Å². The van der Waals surface area contributed by atoms with Crippen LogP contribution in [0.4, 0.5) is 0 Å². The highest BCUT2D eigenvalue weighted by atomic mass is 32.1. The molecule has 4 heteroatoms. The van der Waals surface area contributed by atoms with Gasteiger partial charge in [0.1, 0.15) is 0 Å². The van der Waals surface area contributed by atoms with Gasteiger partial charge in [0.25, 0.3) is 5.91 Å². The maximum absolute atomic E-state index is 11.6. The van der Waals surface area contributed by atoms with Gasteiger partial charge in [0.05, 0.1) is 5.56 Å². The van der Waals surface area contributed by atoms with Gasteiger partial charge in [-0.2, -0.15) is 0 Å². The van der Waals surface area contributed by atoms with Crippen LogP contribution in [0.1, 0.15) is 26.5 Å². The van der Waals surface area contributed by atoms with Gasteiger partial charge >= 0.3 is 0 Å². The van der Waals surface area contributed by atoms with Crippen molar-refractivity contribution < 1.29 is 4.79 Å². The van der Waals surface area contributed by atoms with Crippen LogP contribution in [0.3, 0.4) is 0 Å². The molecule has 3 nitrogen and oxygen atoms in total. The summed E-state index contributed by atoms with van der Waals surface area (Å²) >= 11 is 1.75. The minimum atomic E-state index is 0.0936. The second-order valence-corrected chi connectivity index (χ2v) is 4.66. The molecule has 0 saturated heterocycles. The molecule has 2 rings (SSSR count). The van der Waals surface area contributed by atoms with E-state index in [9.17, 15) is 4.79 Å². The molecule has 0 aromatic carbocycles. The lowest BCUT2D eigenvalue weighted by molar-refractivity contribution is 0.0956. The average molecular weight is 210 g/mol. The largest absolute Gasteiger partial charge is 0.352 e. The number of fused-ring (bicyclic) bond motifs is 1. The third kappa shape index (κ3) is 1.81. The van der Waals surface area contributed by atoms with E-state index in [-0.39, 0.29) is 5.91 Å². The molecule has 0 saturated carbocycles. The number of carbonyl (C=O) groups is 1. The number of hydrogen-bond donors (Lipinski definition) is 2. The zero-order chi connectivity index (χ0) is 9.97. The van der Waals surface area contributed by atoms with Gasteiger partial charge in [0.15, 0.2) is 0 Å². The summed E-state index contributed by atoms with van der Waals surface area (Å²) in [5, 5.41) is 6.01. The van der Waals surface area contributed by atoms with Crippen LogP contribution in [0.15, 0.2) is 6.07 Å². The predicted octanol–water partition coefficient (Wildman–Crippen LogP) is 1.14. The first kappa shape index (κ1) is 9.68. The molecule has 0 atom stereocenters. The number of thiophene rings is 1. The van der Waals surface area contributed by atoms with Gasteiger partial charge in [0.2, 0.25) is 0 Å². The van der Waals surface area contributed by atoms with Crippen molar-refractivity contribution in [3.05, 3.63) is 21.4 Å². The van der Waals surface area contributed by atoms with Crippen LogP contribution in [0.5, 0.6) is 0 Å². The predicted molar refractivity (Wildman–Crippen MR) is 57.7 cm³/mol. The Balaban J connectivity index is 2.29. The summed E-state index contributed by atoms with van der Waals surface area (Å²) in [6, 6.07) is 2.01. The Morgan fingerprint density at radius 3 is 3.29 bits per heavy atom. The van der Waals surface area contributed by atoms with Gasteiger partial charge in [-0.05, 0) is 26.0 Å². The molecule has 14 heavy (non-hydrogen) atoms. The van der Waals surface area contributed by atoms with Gasteiger partial charge in [0, 0.05) is 22.8 Å². The number of rotatable bonds is 2. The van der Waals surface area contributed by atoms with Crippen LogP contribution in [0.2, 0.25) is 0 Å². The quantitative estimate of drug-likeness (QED) is 0.768. The summed E-state index contributed by atoms with van der Waals surface area (Å²) in [7, 11) is 1.92. The van der Waals surface area contributed by atoms with E-state index in [1.54, 1.807) is 11.3 Å². The van der Waals surface area contributed by atoms with Gasteiger partial charge in [-0.3, -0.25) is 4.79 Å². The van der Waals surface area contributed by atoms with E-state index in [4.69, 9.17) is 0 Å². The average Bonchev–Trinajstić information content (AvgIpc) is 2.49. The Kier molecular flexibility index (Phi) is 2.84. The number of nitrogens with one attached hydrogen (secondary N) is 2.